The third-order valence-electron chi connectivity index (χ3n) is 3.61. The smallest absolute Gasteiger partial charge is 0.340 e. The maximum absolute atomic E-state index is 12.3. The second-order valence-corrected chi connectivity index (χ2v) is 5.91. The first kappa shape index (κ1) is 18.4. The van der Waals surface area contributed by atoms with Gasteiger partial charge in [-0.25, -0.2) is 4.79 Å². The monoisotopic (exact) mass is 383 g/mol. The molecule has 0 atom stereocenters. The van der Waals surface area contributed by atoms with Crippen molar-refractivity contribution in [1.82, 2.24) is 0 Å². The van der Waals surface area contributed by atoms with Gasteiger partial charge in [0.2, 0.25) is 0 Å². The number of nitrogens with one attached hydrogen (secondary N) is 1. The minimum atomic E-state index is -0.743. The van der Waals surface area contributed by atoms with Crippen LogP contribution in [0.5, 0.6) is 0 Å². The molecule has 3 aromatic rings. The maximum Gasteiger partial charge on any atom is 0.340 e. The van der Waals surface area contributed by atoms with Gasteiger partial charge >= 0.3 is 5.97 Å². The number of carbonyl (C=O) groups excluding carboxylic acids is 3. The zero-order valence-electron chi connectivity index (χ0n) is 14.0. The number of aldehydes is 1. The van der Waals surface area contributed by atoms with Crippen molar-refractivity contribution in [3.05, 3.63) is 77.0 Å². The van der Waals surface area contributed by atoms with Crippen LogP contribution >= 0.6 is 11.6 Å². The van der Waals surface area contributed by atoms with Gasteiger partial charge in [0.15, 0.2) is 18.7 Å². The molecule has 27 heavy (non-hydrogen) atoms. The zero-order valence-corrected chi connectivity index (χ0v) is 14.7. The van der Waals surface area contributed by atoms with E-state index >= 15 is 0 Å². The van der Waals surface area contributed by atoms with Crippen molar-refractivity contribution in [1.29, 1.82) is 0 Å². The van der Waals surface area contributed by atoms with Crippen LogP contribution in [0.1, 0.15) is 20.9 Å². The van der Waals surface area contributed by atoms with Gasteiger partial charge in [0.05, 0.1) is 10.6 Å². The molecular formula is C20H14ClNO5. The molecule has 2 aromatic carbocycles. The molecule has 0 aliphatic carbocycles. The predicted molar refractivity (Wildman–Crippen MR) is 99.9 cm³/mol. The molecule has 0 aliphatic heterocycles. The SMILES string of the molecule is O=Cc1ccc(-c2ccc(Cl)c(C(=O)OCC(=O)Nc3ccccc3)c2)o1. The number of benzene rings is 2. The topological polar surface area (TPSA) is 85.6 Å². The summed E-state index contributed by atoms with van der Waals surface area (Å²) in [5, 5.41) is 2.79. The minimum absolute atomic E-state index is 0.0886. The lowest BCUT2D eigenvalue weighted by molar-refractivity contribution is -0.119. The number of carbonyl (C=O) groups is 3. The fourth-order valence-electron chi connectivity index (χ4n) is 2.33. The first-order chi connectivity index (χ1) is 13.1. The predicted octanol–water partition coefficient (Wildman–Crippen LogP) is 4.21. The lowest BCUT2D eigenvalue weighted by Crippen LogP contribution is -2.21. The van der Waals surface area contributed by atoms with Crippen LogP contribution in [0.3, 0.4) is 0 Å². The Bertz CT molecular complexity index is 981. The summed E-state index contributed by atoms with van der Waals surface area (Å²) in [5.74, 6) is -0.637. The van der Waals surface area contributed by atoms with Crippen molar-refractivity contribution in [2.75, 3.05) is 11.9 Å². The summed E-state index contributed by atoms with van der Waals surface area (Å²) < 4.78 is 10.4. The van der Waals surface area contributed by atoms with Gasteiger partial charge in [-0.1, -0.05) is 29.8 Å². The highest BCUT2D eigenvalue weighted by molar-refractivity contribution is 6.33. The fourth-order valence-corrected chi connectivity index (χ4v) is 2.53. The van der Waals surface area contributed by atoms with Crippen LogP contribution < -0.4 is 5.32 Å². The van der Waals surface area contributed by atoms with Gasteiger partial charge in [-0.3, -0.25) is 9.59 Å². The number of esters is 1. The number of para-hydroxylation sites is 1. The number of halogens is 1. The number of ether oxygens (including phenoxy) is 1. The third-order valence-corrected chi connectivity index (χ3v) is 3.94. The largest absolute Gasteiger partial charge is 0.453 e. The van der Waals surface area contributed by atoms with Crippen molar-refractivity contribution in [3.63, 3.8) is 0 Å². The van der Waals surface area contributed by atoms with Crippen LogP contribution in [-0.4, -0.2) is 24.8 Å². The van der Waals surface area contributed by atoms with Crippen LogP contribution in [0.2, 0.25) is 5.02 Å². The summed E-state index contributed by atoms with van der Waals surface area (Å²) in [6.07, 6.45) is 0.583. The van der Waals surface area contributed by atoms with E-state index in [0.717, 1.165) is 0 Å². The number of hydrogen-bond acceptors (Lipinski definition) is 5. The number of furan rings is 1. The summed E-state index contributed by atoms with van der Waals surface area (Å²) in [4.78, 5) is 34.9. The van der Waals surface area contributed by atoms with E-state index in [0.29, 0.717) is 23.3 Å². The van der Waals surface area contributed by atoms with E-state index in [1.54, 1.807) is 36.4 Å². The second-order valence-electron chi connectivity index (χ2n) is 5.50. The van der Waals surface area contributed by atoms with E-state index in [-0.39, 0.29) is 16.3 Å². The van der Waals surface area contributed by atoms with Crippen molar-refractivity contribution < 1.29 is 23.5 Å². The van der Waals surface area contributed by atoms with Crippen molar-refractivity contribution in [3.8, 4) is 11.3 Å². The van der Waals surface area contributed by atoms with E-state index < -0.39 is 18.5 Å². The Balaban J connectivity index is 1.68. The maximum atomic E-state index is 12.3. The minimum Gasteiger partial charge on any atom is -0.453 e. The van der Waals surface area contributed by atoms with Gasteiger partial charge in [0.25, 0.3) is 5.91 Å². The van der Waals surface area contributed by atoms with Gasteiger partial charge in [0.1, 0.15) is 5.76 Å². The molecule has 1 aromatic heterocycles. The zero-order chi connectivity index (χ0) is 19.2. The highest BCUT2D eigenvalue weighted by Gasteiger charge is 2.16. The van der Waals surface area contributed by atoms with Crippen LogP contribution in [0.4, 0.5) is 5.69 Å². The molecule has 0 bridgehead atoms. The number of rotatable bonds is 6. The number of anilines is 1. The van der Waals surface area contributed by atoms with E-state index in [9.17, 15) is 14.4 Å². The van der Waals surface area contributed by atoms with Gasteiger partial charge in [-0.05, 0) is 42.5 Å². The molecule has 0 saturated heterocycles. The van der Waals surface area contributed by atoms with Crippen LogP contribution in [-0.2, 0) is 9.53 Å². The Morgan fingerprint density at radius 2 is 1.85 bits per heavy atom. The van der Waals surface area contributed by atoms with E-state index in [1.165, 1.54) is 18.2 Å². The average molecular weight is 384 g/mol. The molecule has 3 rings (SSSR count). The normalized spacial score (nSPS) is 10.3. The molecule has 1 amide bonds. The highest BCUT2D eigenvalue weighted by atomic mass is 35.5. The molecule has 1 N–H and O–H groups in total. The highest BCUT2D eigenvalue weighted by Crippen LogP contribution is 2.27. The average Bonchev–Trinajstić information content (AvgIpc) is 3.16. The Morgan fingerprint density at radius 1 is 1.07 bits per heavy atom. The van der Waals surface area contributed by atoms with Crippen molar-refractivity contribution in [2.24, 2.45) is 0 Å². The quantitative estimate of drug-likeness (QED) is 0.509. The standard InChI is InChI=1S/C20H14ClNO5/c21-17-8-6-13(18-9-7-15(11-23)27-18)10-16(17)20(25)26-12-19(24)22-14-4-2-1-3-5-14/h1-11H,12H2,(H,22,24). The Morgan fingerprint density at radius 3 is 2.56 bits per heavy atom. The molecule has 0 radical (unpaired) electrons. The van der Waals surface area contributed by atoms with Gasteiger partial charge in [0, 0.05) is 11.3 Å². The fraction of sp³-hybridized carbons (Fsp3) is 0.0500. The molecule has 6 nitrogen and oxygen atoms in total. The summed E-state index contributed by atoms with van der Waals surface area (Å²) >= 11 is 6.07. The van der Waals surface area contributed by atoms with Crippen LogP contribution in [0, 0.1) is 0 Å². The molecule has 0 unspecified atom stereocenters. The van der Waals surface area contributed by atoms with Crippen molar-refractivity contribution in [2.45, 2.75) is 0 Å². The van der Waals surface area contributed by atoms with Crippen LogP contribution in [0.15, 0.2) is 65.1 Å². The van der Waals surface area contributed by atoms with Crippen LogP contribution in [0.25, 0.3) is 11.3 Å². The third kappa shape index (κ3) is 4.62. The second kappa shape index (κ2) is 8.33. The van der Waals surface area contributed by atoms with E-state index in [4.69, 9.17) is 20.8 Å². The molecule has 1 heterocycles. The summed E-state index contributed by atoms with van der Waals surface area (Å²) in [6.45, 7) is -0.454. The Kier molecular flexibility index (Phi) is 5.68. The Labute approximate surface area is 159 Å². The first-order valence-corrected chi connectivity index (χ1v) is 8.31. The Hall–Kier alpha value is -3.38. The van der Waals surface area contributed by atoms with E-state index in [1.807, 2.05) is 6.07 Å². The summed E-state index contributed by atoms with van der Waals surface area (Å²) in [5.41, 5.74) is 1.24. The number of amides is 1. The molecule has 0 aliphatic rings. The molecule has 0 fully saturated rings. The van der Waals surface area contributed by atoms with E-state index in [2.05, 4.69) is 5.32 Å². The van der Waals surface area contributed by atoms with Crippen molar-refractivity contribution >= 4 is 35.5 Å². The van der Waals surface area contributed by atoms with Gasteiger partial charge in [-0.15, -0.1) is 0 Å². The molecule has 7 heteroatoms. The summed E-state index contributed by atoms with van der Waals surface area (Å²) in [7, 11) is 0. The lowest BCUT2D eigenvalue weighted by Gasteiger charge is -2.08. The molecular weight excluding hydrogens is 370 g/mol. The lowest BCUT2D eigenvalue weighted by atomic mass is 10.1. The molecule has 0 spiro atoms. The molecule has 0 saturated carbocycles. The number of hydrogen-bond donors (Lipinski definition) is 1. The van der Waals surface area contributed by atoms with Gasteiger partial charge in [-0.2, -0.15) is 0 Å². The van der Waals surface area contributed by atoms with Gasteiger partial charge < -0.3 is 14.5 Å². The first-order valence-electron chi connectivity index (χ1n) is 7.94. The molecule has 136 valence electrons. The summed E-state index contributed by atoms with van der Waals surface area (Å²) in [6, 6.07) is 16.6.